The van der Waals surface area contributed by atoms with Crippen LogP contribution in [-0.4, -0.2) is 19.9 Å². The van der Waals surface area contributed by atoms with Crippen LogP contribution in [0.2, 0.25) is 0 Å². The molecular formula is C27H21N5OS. The third-order valence-electron chi connectivity index (χ3n) is 5.69. The molecule has 5 aromatic rings. The van der Waals surface area contributed by atoms with E-state index in [2.05, 4.69) is 57.9 Å². The Morgan fingerprint density at radius 2 is 1.56 bits per heavy atom. The van der Waals surface area contributed by atoms with Crippen molar-refractivity contribution in [2.45, 2.75) is 18.7 Å². The lowest BCUT2D eigenvalue weighted by atomic mass is 10.1. The number of aromatic nitrogens is 4. The maximum Gasteiger partial charge on any atom is 0.215 e. The molecule has 1 aliphatic heterocycles. The highest BCUT2D eigenvalue weighted by atomic mass is 32.2. The van der Waals surface area contributed by atoms with Gasteiger partial charge in [-0.15, -0.1) is 10.2 Å². The molecule has 0 amide bonds. The molecule has 0 unspecified atom stereocenters. The standard InChI is InChI=1S/C27H21N5OS/c1-18-16-24(28-22-15-9-8-14-21(18)22)33-17-23-29-30-27-32(23)31-25(19-10-4-2-5-11-19)26(34-27)20-12-6-3-7-13-20/h2-16,31H,17H2,1H3. The van der Waals surface area contributed by atoms with E-state index in [-0.39, 0.29) is 6.61 Å². The average Bonchev–Trinajstić information content (AvgIpc) is 3.30. The molecule has 0 radical (unpaired) electrons. The number of hydrogen-bond acceptors (Lipinski definition) is 6. The van der Waals surface area contributed by atoms with Crippen molar-refractivity contribution < 1.29 is 4.74 Å². The molecule has 34 heavy (non-hydrogen) atoms. The number of nitrogens with zero attached hydrogens (tertiary/aromatic N) is 4. The van der Waals surface area contributed by atoms with Gasteiger partial charge in [-0.25, -0.2) is 9.66 Å². The molecule has 7 heteroatoms. The first kappa shape index (κ1) is 20.5. The molecule has 6 nitrogen and oxygen atoms in total. The summed E-state index contributed by atoms with van der Waals surface area (Å²) < 4.78 is 7.95. The minimum atomic E-state index is 0.244. The fraction of sp³-hybridized carbons (Fsp3) is 0.0741. The van der Waals surface area contributed by atoms with Gasteiger partial charge in [-0.1, -0.05) is 78.9 Å². The number of para-hydroxylation sites is 1. The van der Waals surface area contributed by atoms with Crippen LogP contribution in [0.15, 0.2) is 96.2 Å². The van der Waals surface area contributed by atoms with Crippen LogP contribution < -0.4 is 10.2 Å². The fourth-order valence-corrected chi connectivity index (χ4v) is 5.03. The Labute approximate surface area is 201 Å². The lowest BCUT2D eigenvalue weighted by molar-refractivity contribution is 0.281. The predicted molar refractivity (Wildman–Crippen MR) is 136 cm³/mol. The second kappa shape index (κ2) is 8.68. The predicted octanol–water partition coefficient (Wildman–Crippen LogP) is 5.89. The van der Waals surface area contributed by atoms with E-state index in [0.29, 0.717) is 11.7 Å². The Kier molecular flexibility index (Phi) is 5.24. The average molecular weight is 464 g/mol. The summed E-state index contributed by atoms with van der Waals surface area (Å²) >= 11 is 1.60. The van der Waals surface area contributed by atoms with Crippen LogP contribution in [0.25, 0.3) is 21.5 Å². The lowest BCUT2D eigenvalue weighted by Crippen LogP contribution is -2.22. The van der Waals surface area contributed by atoms with Crippen molar-refractivity contribution in [1.29, 1.82) is 0 Å². The van der Waals surface area contributed by atoms with Gasteiger partial charge in [0, 0.05) is 21.9 Å². The van der Waals surface area contributed by atoms with Gasteiger partial charge in [0.1, 0.15) is 0 Å². The van der Waals surface area contributed by atoms with E-state index in [0.717, 1.165) is 43.4 Å². The minimum Gasteiger partial charge on any atom is -0.469 e. The molecule has 0 saturated carbocycles. The molecule has 0 saturated heterocycles. The summed E-state index contributed by atoms with van der Waals surface area (Å²) in [7, 11) is 0. The monoisotopic (exact) mass is 463 g/mol. The van der Waals surface area contributed by atoms with Gasteiger partial charge in [-0.05, 0) is 35.9 Å². The molecule has 0 aliphatic carbocycles. The quantitative estimate of drug-likeness (QED) is 0.351. The normalized spacial score (nSPS) is 13.0. The number of thioether (sulfide) groups is 1. The van der Waals surface area contributed by atoms with E-state index in [1.165, 1.54) is 0 Å². The van der Waals surface area contributed by atoms with Gasteiger partial charge in [0.25, 0.3) is 0 Å². The van der Waals surface area contributed by atoms with Gasteiger partial charge < -0.3 is 4.74 Å². The van der Waals surface area contributed by atoms with Gasteiger partial charge in [-0.2, -0.15) is 0 Å². The molecule has 3 heterocycles. The van der Waals surface area contributed by atoms with E-state index in [1.807, 2.05) is 65.3 Å². The number of aryl methyl sites for hydroxylation is 1. The van der Waals surface area contributed by atoms with Gasteiger partial charge >= 0.3 is 0 Å². The first-order chi connectivity index (χ1) is 16.8. The van der Waals surface area contributed by atoms with E-state index in [4.69, 9.17) is 4.74 Å². The summed E-state index contributed by atoms with van der Waals surface area (Å²) in [5.74, 6) is 1.25. The van der Waals surface area contributed by atoms with Gasteiger partial charge in [0.15, 0.2) is 12.4 Å². The van der Waals surface area contributed by atoms with Crippen LogP contribution in [0.3, 0.4) is 0 Å². The molecular weight excluding hydrogens is 442 g/mol. The summed E-state index contributed by atoms with van der Waals surface area (Å²) in [4.78, 5) is 5.75. The fourth-order valence-electron chi connectivity index (χ4n) is 4.00. The zero-order valence-corrected chi connectivity index (χ0v) is 19.3. The summed E-state index contributed by atoms with van der Waals surface area (Å²) in [6.45, 7) is 2.31. The molecule has 0 spiro atoms. The Morgan fingerprint density at radius 3 is 2.35 bits per heavy atom. The Bertz CT molecular complexity index is 1510. The largest absolute Gasteiger partial charge is 0.469 e. The highest BCUT2D eigenvalue weighted by Gasteiger charge is 2.25. The smallest absolute Gasteiger partial charge is 0.215 e. The molecule has 1 aliphatic rings. The van der Waals surface area contributed by atoms with Crippen molar-refractivity contribution >= 4 is 33.3 Å². The van der Waals surface area contributed by atoms with E-state index in [1.54, 1.807) is 11.8 Å². The van der Waals surface area contributed by atoms with Crippen LogP contribution in [0, 0.1) is 6.92 Å². The van der Waals surface area contributed by atoms with E-state index in [9.17, 15) is 0 Å². The Morgan fingerprint density at radius 1 is 0.853 bits per heavy atom. The molecule has 6 rings (SSSR count). The van der Waals surface area contributed by atoms with Crippen LogP contribution in [0.4, 0.5) is 0 Å². The summed E-state index contributed by atoms with van der Waals surface area (Å²) in [6.07, 6.45) is 0. The SMILES string of the molecule is Cc1cc(OCc2nnc3n2NC(c2ccccc2)=C(c2ccccc2)S3)nc2ccccc12. The number of pyridine rings is 1. The number of rotatable bonds is 5. The van der Waals surface area contributed by atoms with Crippen molar-refractivity contribution in [2.24, 2.45) is 0 Å². The highest BCUT2D eigenvalue weighted by Crippen LogP contribution is 2.42. The van der Waals surface area contributed by atoms with Crippen LogP contribution in [0.1, 0.15) is 22.5 Å². The van der Waals surface area contributed by atoms with Crippen LogP contribution in [-0.2, 0) is 6.61 Å². The first-order valence-corrected chi connectivity index (χ1v) is 11.8. The zero-order valence-electron chi connectivity index (χ0n) is 18.5. The zero-order chi connectivity index (χ0) is 22.9. The lowest BCUT2D eigenvalue weighted by Gasteiger charge is -2.24. The molecule has 0 bridgehead atoms. The van der Waals surface area contributed by atoms with Crippen LogP contribution >= 0.6 is 11.8 Å². The van der Waals surface area contributed by atoms with Crippen molar-refractivity contribution in [2.75, 3.05) is 5.43 Å². The second-order valence-corrected chi connectivity index (χ2v) is 8.94. The first-order valence-electron chi connectivity index (χ1n) is 11.0. The molecule has 0 fully saturated rings. The van der Waals surface area contributed by atoms with Crippen molar-refractivity contribution in [3.63, 3.8) is 0 Å². The van der Waals surface area contributed by atoms with E-state index >= 15 is 0 Å². The molecule has 166 valence electrons. The highest BCUT2D eigenvalue weighted by molar-refractivity contribution is 8.08. The number of nitrogens with one attached hydrogen (secondary N) is 1. The van der Waals surface area contributed by atoms with Crippen molar-refractivity contribution in [3.8, 4) is 5.88 Å². The number of benzene rings is 3. The van der Waals surface area contributed by atoms with Gasteiger partial charge in [-0.3, -0.25) is 5.43 Å². The van der Waals surface area contributed by atoms with Gasteiger partial charge in [0.2, 0.25) is 11.0 Å². The summed E-state index contributed by atoms with van der Waals surface area (Å²) in [5.41, 5.74) is 8.80. The molecule has 2 aromatic heterocycles. The Hall–Kier alpha value is -4.10. The summed E-state index contributed by atoms with van der Waals surface area (Å²) in [6, 6.07) is 30.6. The number of ether oxygens (including phenoxy) is 1. The Balaban J connectivity index is 1.32. The third kappa shape index (κ3) is 3.80. The number of hydrogen-bond donors (Lipinski definition) is 1. The second-order valence-electron chi connectivity index (χ2n) is 7.97. The van der Waals surface area contributed by atoms with E-state index < -0.39 is 0 Å². The van der Waals surface area contributed by atoms with Crippen molar-refractivity contribution in [3.05, 3.63) is 114 Å². The van der Waals surface area contributed by atoms with Crippen LogP contribution in [0.5, 0.6) is 5.88 Å². The molecule has 1 N–H and O–H groups in total. The molecule has 0 atom stereocenters. The summed E-state index contributed by atoms with van der Waals surface area (Å²) in [5, 5.41) is 10.7. The molecule has 3 aromatic carbocycles. The van der Waals surface area contributed by atoms with Crippen molar-refractivity contribution in [1.82, 2.24) is 19.9 Å². The maximum atomic E-state index is 6.06. The topological polar surface area (TPSA) is 64.9 Å². The van der Waals surface area contributed by atoms with Gasteiger partial charge in [0.05, 0.1) is 11.2 Å². The minimum absolute atomic E-state index is 0.244. The maximum absolute atomic E-state index is 6.06. The number of fused-ring (bicyclic) bond motifs is 2. The third-order valence-corrected chi connectivity index (χ3v) is 6.78.